The summed E-state index contributed by atoms with van der Waals surface area (Å²) in [5.41, 5.74) is 2.94. The van der Waals surface area contributed by atoms with Crippen molar-refractivity contribution >= 4 is 34.7 Å². The van der Waals surface area contributed by atoms with E-state index >= 15 is 0 Å². The van der Waals surface area contributed by atoms with E-state index in [1.54, 1.807) is 23.5 Å². The zero-order valence-corrected chi connectivity index (χ0v) is 18.0. The third-order valence-electron chi connectivity index (χ3n) is 4.84. The lowest BCUT2D eigenvalue weighted by molar-refractivity contribution is 0.0600. The number of carbonyl (C=O) groups is 2. The van der Waals surface area contributed by atoms with Crippen LogP contribution in [0, 0.1) is 0 Å². The molecule has 0 radical (unpaired) electrons. The average Bonchev–Trinajstić information content (AvgIpc) is 3.39. The van der Waals surface area contributed by atoms with Crippen molar-refractivity contribution in [3.05, 3.63) is 39.8 Å². The Morgan fingerprint density at radius 2 is 2.03 bits per heavy atom. The summed E-state index contributed by atoms with van der Waals surface area (Å²) >= 11 is 1.65. The van der Waals surface area contributed by atoms with E-state index in [2.05, 4.69) is 34.4 Å². The van der Waals surface area contributed by atoms with E-state index in [1.807, 2.05) is 11.4 Å². The molecular weight excluding hydrogens is 388 g/mol. The highest BCUT2D eigenvalue weighted by atomic mass is 32.1. The molecule has 2 N–H and O–H groups in total. The van der Waals surface area contributed by atoms with Gasteiger partial charge in [0.1, 0.15) is 0 Å². The topological polar surface area (TPSA) is 83.6 Å². The lowest BCUT2D eigenvalue weighted by Crippen LogP contribution is -2.31. The summed E-state index contributed by atoms with van der Waals surface area (Å²) in [6.45, 7) is 6.61. The Morgan fingerprint density at radius 3 is 2.69 bits per heavy atom. The number of thiazole rings is 1. The van der Waals surface area contributed by atoms with Gasteiger partial charge in [-0.05, 0) is 31.0 Å². The Morgan fingerprint density at radius 1 is 1.28 bits per heavy atom. The molecule has 0 saturated carbocycles. The number of ether oxygens (including phenoxy) is 1. The summed E-state index contributed by atoms with van der Waals surface area (Å²) in [5.74, 6) is -0.0120. The van der Waals surface area contributed by atoms with Crippen molar-refractivity contribution in [1.82, 2.24) is 10.3 Å². The Kier molecular flexibility index (Phi) is 7.09. The van der Waals surface area contributed by atoms with Crippen LogP contribution in [-0.4, -0.2) is 43.7 Å². The second kappa shape index (κ2) is 9.73. The van der Waals surface area contributed by atoms with Crippen LogP contribution in [0.4, 0.5) is 16.2 Å². The van der Waals surface area contributed by atoms with Gasteiger partial charge in [-0.2, -0.15) is 0 Å². The van der Waals surface area contributed by atoms with Crippen molar-refractivity contribution in [2.24, 2.45) is 0 Å². The standard InChI is InChI=1S/C21H28N4O3S/c1-14(2)19-23-16(13-29-19)8-9-22-21(27)24-17-12-15(20(26)28-3)6-7-18(17)25-10-4-5-11-25/h6-7,12-14H,4-5,8-11H2,1-3H3,(H2,22,24,27). The van der Waals surface area contributed by atoms with Crippen molar-refractivity contribution in [2.45, 2.75) is 39.0 Å². The molecule has 156 valence electrons. The van der Waals surface area contributed by atoms with E-state index in [4.69, 9.17) is 4.74 Å². The van der Waals surface area contributed by atoms with Gasteiger partial charge in [-0.25, -0.2) is 14.6 Å². The van der Waals surface area contributed by atoms with E-state index in [0.29, 0.717) is 30.1 Å². The predicted octanol–water partition coefficient (Wildman–Crippen LogP) is 4.02. The monoisotopic (exact) mass is 416 g/mol. The molecule has 1 saturated heterocycles. The summed E-state index contributed by atoms with van der Waals surface area (Å²) in [6.07, 6.45) is 2.92. The Bertz CT molecular complexity index is 859. The molecule has 8 heteroatoms. The highest BCUT2D eigenvalue weighted by molar-refractivity contribution is 7.09. The zero-order chi connectivity index (χ0) is 20.8. The van der Waals surface area contributed by atoms with E-state index in [-0.39, 0.29) is 6.03 Å². The third-order valence-corrected chi connectivity index (χ3v) is 6.04. The maximum atomic E-state index is 12.5. The lowest BCUT2D eigenvalue weighted by Gasteiger charge is -2.22. The van der Waals surface area contributed by atoms with E-state index in [0.717, 1.165) is 42.3 Å². The molecule has 3 rings (SSSR count). The molecule has 0 atom stereocenters. The normalized spacial score (nSPS) is 13.6. The number of amides is 2. The second-order valence-corrected chi connectivity index (χ2v) is 8.27. The van der Waals surface area contributed by atoms with E-state index < -0.39 is 5.97 Å². The SMILES string of the molecule is COC(=O)c1ccc(N2CCCC2)c(NC(=O)NCCc2csc(C(C)C)n2)c1. The molecule has 29 heavy (non-hydrogen) atoms. The summed E-state index contributed by atoms with van der Waals surface area (Å²) < 4.78 is 4.81. The molecular formula is C21H28N4O3S. The van der Waals surface area contributed by atoms with Gasteiger partial charge >= 0.3 is 12.0 Å². The van der Waals surface area contributed by atoms with E-state index in [1.165, 1.54) is 7.11 Å². The quantitative estimate of drug-likeness (QED) is 0.666. The summed E-state index contributed by atoms with van der Waals surface area (Å²) in [6, 6.07) is 4.98. The Balaban J connectivity index is 1.63. The minimum atomic E-state index is -0.425. The van der Waals surface area contributed by atoms with Crippen LogP contribution >= 0.6 is 11.3 Å². The molecule has 0 aliphatic carbocycles. The molecule has 1 aliphatic rings. The van der Waals surface area contributed by atoms with Gasteiger partial charge in [0.25, 0.3) is 0 Å². The van der Waals surface area contributed by atoms with Gasteiger partial charge in [0.05, 0.1) is 34.7 Å². The molecule has 2 aromatic rings. The van der Waals surface area contributed by atoms with Crippen LogP contribution in [-0.2, 0) is 11.2 Å². The average molecular weight is 417 g/mol. The number of hydrogen-bond donors (Lipinski definition) is 2. The van der Waals surface area contributed by atoms with Crippen LogP contribution in [0.2, 0.25) is 0 Å². The number of nitrogens with zero attached hydrogens (tertiary/aromatic N) is 2. The molecule has 0 bridgehead atoms. The number of benzene rings is 1. The third kappa shape index (κ3) is 5.47. The number of methoxy groups -OCH3 is 1. The van der Waals surface area contributed by atoms with Gasteiger partial charge in [-0.3, -0.25) is 0 Å². The lowest BCUT2D eigenvalue weighted by atomic mass is 10.1. The van der Waals surface area contributed by atoms with Crippen LogP contribution in [0.3, 0.4) is 0 Å². The van der Waals surface area contributed by atoms with Crippen LogP contribution < -0.4 is 15.5 Å². The smallest absolute Gasteiger partial charge is 0.337 e. The minimum Gasteiger partial charge on any atom is -0.465 e. The highest BCUT2D eigenvalue weighted by Crippen LogP contribution is 2.30. The second-order valence-electron chi connectivity index (χ2n) is 7.38. The van der Waals surface area contributed by atoms with Gasteiger partial charge in [0, 0.05) is 37.4 Å². The van der Waals surface area contributed by atoms with Gasteiger partial charge < -0.3 is 20.3 Å². The first-order valence-electron chi connectivity index (χ1n) is 9.94. The Hall–Kier alpha value is -2.61. The number of anilines is 2. The fourth-order valence-electron chi connectivity index (χ4n) is 3.29. The summed E-state index contributed by atoms with van der Waals surface area (Å²) in [5, 5.41) is 8.93. The number of urea groups is 1. The molecule has 2 heterocycles. The van der Waals surface area contributed by atoms with Crippen molar-refractivity contribution < 1.29 is 14.3 Å². The first kappa shape index (κ1) is 21.1. The molecule has 1 aliphatic heterocycles. The molecule has 7 nitrogen and oxygen atoms in total. The summed E-state index contributed by atoms with van der Waals surface area (Å²) in [4.78, 5) is 31.2. The maximum Gasteiger partial charge on any atom is 0.337 e. The number of nitrogens with one attached hydrogen (secondary N) is 2. The fourth-order valence-corrected chi connectivity index (χ4v) is 4.16. The largest absolute Gasteiger partial charge is 0.465 e. The van der Waals surface area contributed by atoms with Gasteiger partial charge in [0.15, 0.2) is 0 Å². The Labute approximate surface area is 175 Å². The van der Waals surface area contributed by atoms with Crippen LogP contribution in [0.25, 0.3) is 0 Å². The molecule has 1 aromatic carbocycles. The van der Waals surface area contributed by atoms with Crippen LogP contribution in [0.5, 0.6) is 0 Å². The first-order valence-corrected chi connectivity index (χ1v) is 10.8. The van der Waals surface area contributed by atoms with Crippen LogP contribution in [0.15, 0.2) is 23.6 Å². The van der Waals surface area contributed by atoms with E-state index in [9.17, 15) is 9.59 Å². The van der Waals surface area contributed by atoms with Crippen LogP contribution in [0.1, 0.15) is 53.7 Å². The maximum absolute atomic E-state index is 12.5. The number of rotatable bonds is 7. The fraction of sp³-hybridized carbons (Fsp3) is 0.476. The highest BCUT2D eigenvalue weighted by Gasteiger charge is 2.19. The summed E-state index contributed by atoms with van der Waals surface area (Å²) in [7, 11) is 1.35. The number of carbonyl (C=O) groups excluding carboxylic acids is 2. The zero-order valence-electron chi connectivity index (χ0n) is 17.2. The molecule has 1 aromatic heterocycles. The molecule has 0 unspecified atom stereocenters. The van der Waals surface area contributed by atoms with Crippen molar-refractivity contribution in [2.75, 3.05) is 37.0 Å². The van der Waals surface area contributed by atoms with Gasteiger partial charge in [0.2, 0.25) is 0 Å². The molecule has 0 spiro atoms. The molecule has 2 amide bonds. The number of hydrogen-bond acceptors (Lipinski definition) is 6. The minimum absolute atomic E-state index is 0.299. The predicted molar refractivity (Wildman–Crippen MR) is 116 cm³/mol. The number of esters is 1. The van der Waals surface area contributed by atoms with Crippen molar-refractivity contribution in [3.63, 3.8) is 0 Å². The first-order chi connectivity index (χ1) is 14.0. The van der Waals surface area contributed by atoms with Crippen molar-refractivity contribution in [1.29, 1.82) is 0 Å². The van der Waals surface area contributed by atoms with Gasteiger partial charge in [-0.15, -0.1) is 11.3 Å². The number of aromatic nitrogens is 1. The van der Waals surface area contributed by atoms with Gasteiger partial charge in [-0.1, -0.05) is 13.8 Å². The molecule has 1 fully saturated rings. The van der Waals surface area contributed by atoms with Crippen molar-refractivity contribution in [3.8, 4) is 0 Å².